The fourth-order valence-electron chi connectivity index (χ4n) is 1.56. The van der Waals surface area contributed by atoms with E-state index < -0.39 is 0 Å². The first kappa shape index (κ1) is 15.4. The molecule has 0 radical (unpaired) electrons. The van der Waals surface area contributed by atoms with Gasteiger partial charge in [-0.3, -0.25) is 0 Å². The lowest BCUT2D eigenvalue weighted by Gasteiger charge is -2.07. The van der Waals surface area contributed by atoms with E-state index in [9.17, 15) is 0 Å². The van der Waals surface area contributed by atoms with Gasteiger partial charge in [0.1, 0.15) is 5.75 Å². The van der Waals surface area contributed by atoms with Crippen LogP contribution >= 0.6 is 11.8 Å². The average Bonchev–Trinajstić information content (AvgIpc) is 2.35. The predicted molar refractivity (Wildman–Crippen MR) is 81.5 cm³/mol. The molecule has 2 nitrogen and oxygen atoms in total. The molecule has 2 N–H and O–H groups in total. The number of ether oxygens (including phenoxy) is 1. The third-order valence-corrected chi connectivity index (χ3v) is 3.67. The Balaban J connectivity index is 2.11. The van der Waals surface area contributed by atoms with Crippen LogP contribution in [0.3, 0.4) is 0 Å². The highest BCUT2D eigenvalue weighted by molar-refractivity contribution is 7.99. The first-order valence-corrected chi connectivity index (χ1v) is 7.87. The van der Waals surface area contributed by atoms with Crippen molar-refractivity contribution in [1.29, 1.82) is 0 Å². The predicted octanol–water partition coefficient (Wildman–Crippen LogP) is 3.35. The molecule has 0 aromatic heterocycles. The maximum Gasteiger partial charge on any atom is 0.119 e. The van der Waals surface area contributed by atoms with Crippen LogP contribution in [0.15, 0.2) is 24.3 Å². The van der Waals surface area contributed by atoms with Gasteiger partial charge in [-0.15, -0.1) is 0 Å². The Labute approximate surface area is 115 Å². The van der Waals surface area contributed by atoms with Crippen molar-refractivity contribution in [1.82, 2.24) is 0 Å². The van der Waals surface area contributed by atoms with Gasteiger partial charge >= 0.3 is 0 Å². The van der Waals surface area contributed by atoms with Crippen molar-refractivity contribution in [3.8, 4) is 5.75 Å². The minimum atomic E-state index is 0.701. The third-order valence-electron chi connectivity index (χ3n) is 2.69. The third kappa shape index (κ3) is 6.92. The molecule has 1 aromatic rings. The fraction of sp³-hybridized carbons (Fsp3) is 0.600. The second-order valence-electron chi connectivity index (χ2n) is 4.83. The summed E-state index contributed by atoms with van der Waals surface area (Å²) >= 11 is 1.97. The minimum absolute atomic E-state index is 0.701. The second kappa shape index (κ2) is 9.29. The number of nitrogens with two attached hydrogens (primary N) is 1. The highest BCUT2D eigenvalue weighted by Crippen LogP contribution is 2.13. The average molecular weight is 267 g/mol. The quantitative estimate of drug-likeness (QED) is 0.697. The lowest BCUT2D eigenvalue weighted by Crippen LogP contribution is -2.03. The smallest absolute Gasteiger partial charge is 0.119 e. The van der Waals surface area contributed by atoms with Gasteiger partial charge in [0.2, 0.25) is 0 Å². The molecule has 0 spiro atoms. The molecule has 1 aromatic carbocycles. The van der Waals surface area contributed by atoms with Crippen LogP contribution < -0.4 is 10.5 Å². The van der Waals surface area contributed by atoms with Gasteiger partial charge in [0.15, 0.2) is 0 Å². The van der Waals surface area contributed by atoms with Crippen LogP contribution in [-0.2, 0) is 6.42 Å². The van der Waals surface area contributed by atoms with Crippen molar-refractivity contribution in [2.75, 3.05) is 24.7 Å². The molecule has 1 rings (SSSR count). The summed E-state index contributed by atoms with van der Waals surface area (Å²) in [6.07, 6.45) is 2.23. The Kier molecular flexibility index (Phi) is 7.94. The summed E-state index contributed by atoms with van der Waals surface area (Å²) in [5.74, 6) is 4.06. The molecule has 0 aliphatic heterocycles. The molecular formula is C15H25NOS. The Morgan fingerprint density at radius 2 is 1.89 bits per heavy atom. The van der Waals surface area contributed by atoms with Crippen molar-refractivity contribution in [3.05, 3.63) is 29.8 Å². The van der Waals surface area contributed by atoms with Crippen molar-refractivity contribution >= 4 is 11.8 Å². The van der Waals surface area contributed by atoms with E-state index >= 15 is 0 Å². The first-order chi connectivity index (χ1) is 8.72. The number of hydrogen-bond donors (Lipinski definition) is 1. The van der Waals surface area contributed by atoms with Crippen LogP contribution in [0.5, 0.6) is 5.75 Å². The van der Waals surface area contributed by atoms with Gasteiger partial charge in [-0.05, 0) is 48.8 Å². The van der Waals surface area contributed by atoms with Crippen molar-refractivity contribution in [2.24, 2.45) is 11.7 Å². The maximum atomic E-state index is 5.69. The lowest BCUT2D eigenvalue weighted by atomic mass is 10.1. The highest BCUT2D eigenvalue weighted by Gasteiger charge is 1.97. The molecule has 0 heterocycles. The number of benzene rings is 1. The monoisotopic (exact) mass is 267 g/mol. The summed E-state index contributed by atoms with van der Waals surface area (Å²) in [6, 6.07) is 8.25. The van der Waals surface area contributed by atoms with E-state index in [0.29, 0.717) is 6.54 Å². The summed E-state index contributed by atoms with van der Waals surface area (Å²) in [7, 11) is 0. The minimum Gasteiger partial charge on any atom is -0.493 e. The van der Waals surface area contributed by atoms with Gasteiger partial charge < -0.3 is 10.5 Å². The Morgan fingerprint density at radius 1 is 1.17 bits per heavy atom. The van der Waals surface area contributed by atoms with E-state index in [1.807, 2.05) is 23.9 Å². The SMILES string of the molecule is CC(C)CCSCCOc1ccc(CCN)cc1. The standard InChI is InChI=1S/C15H25NOS/c1-13(2)8-11-18-12-10-17-15-5-3-14(4-6-15)7-9-16/h3-6,13H,7-12,16H2,1-2H3. The van der Waals surface area contributed by atoms with Crippen LogP contribution in [0.1, 0.15) is 25.8 Å². The van der Waals surface area contributed by atoms with Gasteiger partial charge in [-0.25, -0.2) is 0 Å². The lowest BCUT2D eigenvalue weighted by molar-refractivity contribution is 0.344. The molecule has 0 bridgehead atoms. The summed E-state index contributed by atoms with van der Waals surface area (Å²) in [4.78, 5) is 0. The van der Waals surface area contributed by atoms with Crippen molar-refractivity contribution in [3.63, 3.8) is 0 Å². The van der Waals surface area contributed by atoms with Crippen molar-refractivity contribution in [2.45, 2.75) is 26.7 Å². The van der Waals surface area contributed by atoms with Gasteiger partial charge in [0.25, 0.3) is 0 Å². The van der Waals surface area contributed by atoms with E-state index in [1.54, 1.807) is 0 Å². The van der Waals surface area contributed by atoms with Gasteiger partial charge in [-0.1, -0.05) is 26.0 Å². The molecule has 0 amide bonds. The molecule has 0 aliphatic rings. The summed E-state index contributed by atoms with van der Waals surface area (Å²) < 4.78 is 5.69. The number of hydrogen-bond acceptors (Lipinski definition) is 3. The van der Waals surface area contributed by atoms with E-state index in [1.165, 1.54) is 17.7 Å². The normalized spacial score (nSPS) is 10.9. The highest BCUT2D eigenvalue weighted by atomic mass is 32.2. The van der Waals surface area contributed by atoms with E-state index in [4.69, 9.17) is 10.5 Å². The molecule has 0 saturated carbocycles. The van der Waals surface area contributed by atoms with Crippen LogP contribution in [-0.4, -0.2) is 24.7 Å². The second-order valence-corrected chi connectivity index (χ2v) is 6.05. The Bertz CT molecular complexity index is 311. The summed E-state index contributed by atoms with van der Waals surface area (Å²) in [6.45, 7) is 6.02. The first-order valence-electron chi connectivity index (χ1n) is 6.72. The van der Waals surface area contributed by atoms with Crippen LogP contribution in [0.25, 0.3) is 0 Å². The number of thioether (sulfide) groups is 1. The molecule has 18 heavy (non-hydrogen) atoms. The summed E-state index contributed by atoms with van der Waals surface area (Å²) in [5, 5.41) is 0. The Morgan fingerprint density at radius 3 is 2.50 bits per heavy atom. The molecule has 3 heteroatoms. The van der Waals surface area contributed by atoms with E-state index in [2.05, 4.69) is 26.0 Å². The summed E-state index contributed by atoms with van der Waals surface area (Å²) in [5.41, 5.74) is 6.79. The topological polar surface area (TPSA) is 35.2 Å². The molecular weight excluding hydrogens is 242 g/mol. The zero-order chi connectivity index (χ0) is 13.2. The van der Waals surface area contributed by atoms with Gasteiger partial charge in [0.05, 0.1) is 6.61 Å². The van der Waals surface area contributed by atoms with Gasteiger partial charge in [0, 0.05) is 5.75 Å². The molecule has 102 valence electrons. The largest absolute Gasteiger partial charge is 0.493 e. The zero-order valence-corrected chi connectivity index (χ0v) is 12.3. The van der Waals surface area contributed by atoms with Crippen molar-refractivity contribution < 1.29 is 4.74 Å². The Hall–Kier alpha value is -0.670. The zero-order valence-electron chi connectivity index (χ0n) is 11.5. The molecule has 0 aliphatic carbocycles. The molecule has 0 saturated heterocycles. The van der Waals surface area contributed by atoms with Crippen LogP contribution in [0.4, 0.5) is 0 Å². The fourth-order valence-corrected chi connectivity index (χ4v) is 2.60. The molecule has 0 unspecified atom stereocenters. The molecule has 0 atom stereocenters. The molecule has 0 fully saturated rings. The van der Waals surface area contributed by atoms with E-state index in [0.717, 1.165) is 30.4 Å². The van der Waals surface area contributed by atoms with Crippen LogP contribution in [0, 0.1) is 5.92 Å². The van der Waals surface area contributed by atoms with E-state index in [-0.39, 0.29) is 0 Å². The van der Waals surface area contributed by atoms with Crippen LogP contribution in [0.2, 0.25) is 0 Å². The van der Waals surface area contributed by atoms with Gasteiger partial charge in [-0.2, -0.15) is 11.8 Å². The maximum absolute atomic E-state index is 5.69. The number of rotatable bonds is 9.